The van der Waals surface area contributed by atoms with E-state index in [4.69, 9.17) is 4.55 Å². The van der Waals surface area contributed by atoms with Gasteiger partial charge in [-0.05, 0) is 39.3 Å². The number of nitrogens with one attached hydrogen (secondary N) is 2. The topological polar surface area (TPSA) is 149 Å². The quantitative estimate of drug-likeness (QED) is 0.377. The van der Waals surface area contributed by atoms with Crippen LogP contribution >= 0.6 is 0 Å². The fraction of sp³-hybridized carbons (Fsp3) is 0.769. The molecule has 0 aliphatic carbocycles. The summed E-state index contributed by atoms with van der Waals surface area (Å²) in [5.41, 5.74) is 4.71. The van der Waals surface area contributed by atoms with E-state index in [1.165, 1.54) is 0 Å². The molecule has 0 aromatic carbocycles. The molecule has 0 spiro atoms. The van der Waals surface area contributed by atoms with Crippen LogP contribution in [0.1, 0.15) is 25.7 Å². The van der Waals surface area contributed by atoms with E-state index >= 15 is 0 Å². The number of hydrazine groups is 1. The predicted molar refractivity (Wildman–Crippen MR) is 85.3 cm³/mol. The van der Waals surface area contributed by atoms with Crippen LogP contribution in [-0.4, -0.2) is 83.9 Å². The number of piperidine rings is 1. The second-order valence-electron chi connectivity index (χ2n) is 6.63. The Labute approximate surface area is 150 Å². The van der Waals surface area contributed by atoms with E-state index in [1.54, 1.807) is 0 Å². The summed E-state index contributed by atoms with van der Waals surface area (Å²) in [5, 5.41) is 0.564. The highest BCUT2D eigenvalue weighted by molar-refractivity contribution is 7.80. The van der Waals surface area contributed by atoms with E-state index in [1.807, 2.05) is 11.9 Å². The first-order chi connectivity index (χ1) is 12.2. The summed E-state index contributed by atoms with van der Waals surface area (Å²) in [6, 6.07) is -2.57. The maximum absolute atomic E-state index is 12.4. The van der Waals surface area contributed by atoms with Crippen molar-refractivity contribution in [1.82, 2.24) is 25.7 Å². The van der Waals surface area contributed by atoms with Crippen molar-refractivity contribution in [3.05, 3.63) is 0 Å². The molecule has 0 aromatic heterocycles. The first-order valence-electron chi connectivity index (χ1n) is 8.24. The number of amides is 4. The standard InChI is InChI=1S/C13H21N5O7S/c1-16-6-2-3-9(16)11(19)14-15-12(20)10-5-4-8-7-17(10)13(21)18(8)25-26(22,23)24/h8-10H,2-7H2,1H3,(H,14,19)(H,15,20)(H,22,23,24)/t8-,9?,10+/m1/s1. The van der Waals surface area contributed by atoms with Crippen LogP contribution in [0.4, 0.5) is 4.79 Å². The van der Waals surface area contributed by atoms with Gasteiger partial charge in [-0.1, -0.05) is 0 Å². The molecule has 3 aliphatic rings. The molecule has 3 atom stereocenters. The van der Waals surface area contributed by atoms with Gasteiger partial charge in [-0.2, -0.15) is 13.5 Å². The van der Waals surface area contributed by atoms with Crippen molar-refractivity contribution in [3.63, 3.8) is 0 Å². The number of urea groups is 1. The second-order valence-corrected chi connectivity index (χ2v) is 7.63. The van der Waals surface area contributed by atoms with E-state index < -0.39 is 34.4 Å². The maximum Gasteiger partial charge on any atom is 0.418 e. The van der Waals surface area contributed by atoms with Crippen molar-refractivity contribution in [2.75, 3.05) is 20.1 Å². The average Bonchev–Trinajstić information content (AvgIpc) is 3.09. The number of likely N-dealkylation sites (N-methyl/N-ethyl adjacent to an activating group) is 1. The van der Waals surface area contributed by atoms with Crippen molar-refractivity contribution in [3.8, 4) is 0 Å². The van der Waals surface area contributed by atoms with Crippen LogP contribution < -0.4 is 10.9 Å². The molecule has 13 heteroatoms. The van der Waals surface area contributed by atoms with E-state index in [-0.39, 0.29) is 24.9 Å². The normalized spacial score (nSPS) is 29.2. The predicted octanol–water partition coefficient (Wildman–Crippen LogP) is -1.77. The molecule has 3 rings (SSSR count). The molecule has 3 N–H and O–H groups in total. The summed E-state index contributed by atoms with van der Waals surface area (Å²) < 4.78 is 34.8. The molecule has 12 nitrogen and oxygen atoms in total. The van der Waals surface area contributed by atoms with Gasteiger partial charge in [-0.3, -0.25) is 29.9 Å². The minimum Gasteiger partial charge on any atom is -0.309 e. The second kappa shape index (κ2) is 6.98. The van der Waals surface area contributed by atoms with Gasteiger partial charge in [0.2, 0.25) is 0 Å². The molecule has 3 heterocycles. The molecule has 0 saturated carbocycles. The van der Waals surface area contributed by atoms with Gasteiger partial charge in [0.15, 0.2) is 0 Å². The fourth-order valence-corrected chi connectivity index (χ4v) is 4.02. The van der Waals surface area contributed by atoms with Gasteiger partial charge in [0.1, 0.15) is 6.04 Å². The first-order valence-corrected chi connectivity index (χ1v) is 9.60. The molecule has 1 unspecified atom stereocenters. The number of fused-ring (bicyclic) bond motifs is 2. The molecule has 3 fully saturated rings. The monoisotopic (exact) mass is 391 g/mol. The minimum atomic E-state index is -4.84. The largest absolute Gasteiger partial charge is 0.418 e. The maximum atomic E-state index is 12.4. The third-order valence-electron chi connectivity index (χ3n) is 4.93. The van der Waals surface area contributed by atoms with Gasteiger partial charge in [0.25, 0.3) is 11.8 Å². The minimum absolute atomic E-state index is 0.0890. The lowest BCUT2D eigenvalue weighted by atomic mass is 10.0. The highest BCUT2D eigenvalue weighted by atomic mass is 32.3. The van der Waals surface area contributed by atoms with E-state index in [2.05, 4.69) is 15.1 Å². The molecule has 0 aromatic rings. The van der Waals surface area contributed by atoms with Crippen molar-refractivity contribution in [2.45, 2.75) is 43.8 Å². The first kappa shape index (κ1) is 18.8. The average molecular weight is 391 g/mol. The number of hydroxylamine groups is 2. The van der Waals surface area contributed by atoms with Gasteiger partial charge in [-0.15, -0.1) is 4.28 Å². The summed E-state index contributed by atoms with van der Waals surface area (Å²) in [6.45, 7) is 0.897. The molecule has 4 amide bonds. The van der Waals surface area contributed by atoms with Gasteiger partial charge in [-0.25, -0.2) is 4.79 Å². The summed E-state index contributed by atoms with van der Waals surface area (Å²) in [7, 11) is -3.01. The Morgan fingerprint density at radius 1 is 1.15 bits per heavy atom. The van der Waals surface area contributed by atoms with E-state index in [0.717, 1.165) is 17.9 Å². The lowest BCUT2D eigenvalue weighted by Crippen LogP contribution is -2.56. The molecular formula is C13H21N5O7S. The smallest absolute Gasteiger partial charge is 0.309 e. The fourth-order valence-electron chi connectivity index (χ4n) is 3.64. The van der Waals surface area contributed by atoms with Crippen LogP contribution in [0.15, 0.2) is 0 Å². The zero-order valence-corrected chi connectivity index (χ0v) is 14.9. The van der Waals surface area contributed by atoms with E-state index in [0.29, 0.717) is 17.9 Å². The van der Waals surface area contributed by atoms with Crippen LogP contribution in [0.3, 0.4) is 0 Å². The van der Waals surface area contributed by atoms with E-state index in [9.17, 15) is 22.8 Å². The number of carbonyl (C=O) groups is 3. The highest BCUT2D eigenvalue weighted by Crippen LogP contribution is 2.30. The Bertz CT molecular complexity index is 714. The Kier molecular flexibility index (Phi) is 5.05. The van der Waals surface area contributed by atoms with Crippen LogP contribution in [0, 0.1) is 0 Å². The zero-order valence-electron chi connectivity index (χ0n) is 14.1. The van der Waals surface area contributed by atoms with Gasteiger partial charge in [0.05, 0.1) is 12.1 Å². The molecule has 3 saturated heterocycles. The summed E-state index contributed by atoms with van der Waals surface area (Å²) in [5.74, 6) is -0.893. The van der Waals surface area contributed by atoms with Crippen LogP contribution in [0.25, 0.3) is 0 Å². The lowest BCUT2D eigenvalue weighted by Gasteiger charge is -2.29. The number of hydrogen-bond donors (Lipinski definition) is 3. The van der Waals surface area contributed by atoms with Gasteiger partial charge < -0.3 is 4.90 Å². The van der Waals surface area contributed by atoms with Crippen LogP contribution in [0.2, 0.25) is 0 Å². The van der Waals surface area contributed by atoms with Crippen molar-refractivity contribution < 1.29 is 31.6 Å². The molecule has 0 radical (unpaired) electrons. The number of carbonyl (C=O) groups excluding carboxylic acids is 3. The molecule has 146 valence electrons. The Balaban J connectivity index is 1.57. The van der Waals surface area contributed by atoms with Crippen LogP contribution in [0.5, 0.6) is 0 Å². The van der Waals surface area contributed by atoms with Gasteiger partial charge >= 0.3 is 16.4 Å². The lowest BCUT2D eigenvalue weighted by molar-refractivity contribution is -0.133. The van der Waals surface area contributed by atoms with Crippen molar-refractivity contribution in [2.24, 2.45) is 0 Å². The third-order valence-corrected chi connectivity index (χ3v) is 5.28. The SMILES string of the molecule is CN1CCCC1C(=O)NNC(=O)[C@@H]1CC[C@@H]2CN1C(=O)N2OS(=O)(=O)O. The highest BCUT2D eigenvalue weighted by Gasteiger charge is 2.49. The Morgan fingerprint density at radius 3 is 2.38 bits per heavy atom. The molecule has 3 aliphatic heterocycles. The third kappa shape index (κ3) is 3.75. The molecular weight excluding hydrogens is 370 g/mol. The number of hydrogen-bond acceptors (Lipinski definition) is 7. The number of nitrogens with zero attached hydrogens (tertiary/aromatic N) is 3. The van der Waals surface area contributed by atoms with Gasteiger partial charge in [0, 0.05) is 6.54 Å². The van der Waals surface area contributed by atoms with Crippen molar-refractivity contribution >= 4 is 28.2 Å². The van der Waals surface area contributed by atoms with Crippen LogP contribution in [-0.2, 0) is 24.3 Å². The number of likely N-dealkylation sites (tertiary alicyclic amines) is 1. The zero-order chi connectivity index (χ0) is 19.1. The molecule has 26 heavy (non-hydrogen) atoms. The Hall–Kier alpha value is -1.96. The summed E-state index contributed by atoms with van der Waals surface area (Å²) >= 11 is 0. The Morgan fingerprint density at radius 2 is 1.81 bits per heavy atom. The molecule has 2 bridgehead atoms. The summed E-state index contributed by atoms with van der Waals surface area (Å²) in [6.07, 6.45) is 2.19. The van der Waals surface area contributed by atoms with Crippen molar-refractivity contribution in [1.29, 1.82) is 0 Å². The number of rotatable bonds is 4. The summed E-state index contributed by atoms with van der Waals surface area (Å²) in [4.78, 5) is 39.8.